The second-order valence-corrected chi connectivity index (χ2v) is 6.02. The minimum absolute atomic E-state index is 0.0942. The Bertz CT molecular complexity index is 1050. The number of ether oxygens (including phenoxy) is 1. The van der Waals surface area contributed by atoms with Gasteiger partial charge in [-0.2, -0.15) is 0 Å². The van der Waals surface area contributed by atoms with Gasteiger partial charge in [-0.05, 0) is 35.9 Å². The molecule has 0 radical (unpaired) electrons. The average Bonchev–Trinajstić information content (AvgIpc) is 3.29. The average molecular weight is 371 g/mol. The summed E-state index contributed by atoms with van der Waals surface area (Å²) in [7, 11) is 0. The van der Waals surface area contributed by atoms with Gasteiger partial charge in [-0.1, -0.05) is 48.5 Å². The van der Waals surface area contributed by atoms with E-state index in [1.54, 1.807) is 24.3 Å². The molecule has 0 bridgehead atoms. The standard InChI is InChI=1S/C22H17N3O3/c26-21(14-27-18-12-10-17(11-13-18)22-25-23-15-28-22)24-20-9-5-4-8-19(20)16-6-2-1-3-7-16/h1-13,15H,14H2,(H,24,26). The fourth-order valence-corrected chi connectivity index (χ4v) is 2.79. The summed E-state index contributed by atoms with van der Waals surface area (Å²) < 4.78 is 10.7. The fourth-order valence-electron chi connectivity index (χ4n) is 2.79. The molecule has 0 fully saturated rings. The van der Waals surface area contributed by atoms with Crippen molar-refractivity contribution in [1.29, 1.82) is 0 Å². The summed E-state index contributed by atoms with van der Waals surface area (Å²) in [6.07, 6.45) is 1.28. The quantitative estimate of drug-likeness (QED) is 0.543. The molecule has 1 amide bonds. The van der Waals surface area contributed by atoms with Crippen LogP contribution < -0.4 is 10.1 Å². The molecule has 0 saturated heterocycles. The molecule has 0 saturated carbocycles. The third kappa shape index (κ3) is 4.07. The second-order valence-electron chi connectivity index (χ2n) is 6.02. The first kappa shape index (κ1) is 17.5. The van der Waals surface area contributed by atoms with E-state index in [2.05, 4.69) is 15.5 Å². The molecule has 6 nitrogen and oxygen atoms in total. The molecule has 0 unspecified atom stereocenters. The maximum Gasteiger partial charge on any atom is 0.262 e. The van der Waals surface area contributed by atoms with Crippen LogP contribution in [0.25, 0.3) is 22.6 Å². The summed E-state index contributed by atoms with van der Waals surface area (Å²) in [5.41, 5.74) is 3.52. The Morgan fingerprint density at radius 3 is 2.39 bits per heavy atom. The van der Waals surface area contributed by atoms with Crippen LogP contribution in [-0.4, -0.2) is 22.7 Å². The van der Waals surface area contributed by atoms with Gasteiger partial charge in [0.2, 0.25) is 12.3 Å². The smallest absolute Gasteiger partial charge is 0.262 e. The Balaban J connectivity index is 1.39. The van der Waals surface area contributed by atoms with Crippen LogP contribution in [0.3, 0.4) is 0 Å². The molecule has 4 aromatic rings. The van der Waals surface area contributed by atoms with Crippen LogP contribution in [0.1, 0.15) is 0 Å². The van der Waals surface area contributed by atoms with E-state index in [1.807, 2.05) is 54.6 Å². The van der Waals surface area contributed by atoms with Crippen molar-refractivity contribution < 1.29 is 13.9 Å². The van der Waals surface area contributed by atoms with Gasteiger partial charge in [0.15, 0.2) is 6.61 Å². The van der Waals surface area contributed by atoms with Crippen LogP contribution in [-0.2, 0) is 4.79 Å². The molecule has 0 aliphatic rings. The van der Waals surface area contributed by atoms with Crippen molar-refractivity contribution in [2.45, 2.75) is 0 Å². The highest BCUT2D eigenvalue weighted by Crippen LogP contribution is 2.27. The lowest BCUT2D eigenvalue weighted by atomic mass is 10.0. The number of nitrogens with one attached hydrogen (secondary N) is 1. The first-order valence-electron chi connectivity index (χ1n) is 8.73. The number of nitrogens with zero attached hydrogens (tertiary/aromatic N) is 2. The zero-order chi connectivity index (χ0) is 19.2. The van der Waals surface area contributed by atoms with E-state index in [1.165, 1.54) is 6.39 Å². The van der Waals surface area contributed by atoms with Crippen LogP contribution in [0.5, 0.6) is 5.75 Å². The van der Waals surface area contributed by atoms with Gasteiger partial charge in [0.05, 0.1) is 0 Å². The Labute approximate surface area is 161 Å². The molecule has 28 heavy (non-hydrogen) atoms. The summed E-state index contributed by atoms with van der Waals surface area (Å²) in [6, 6.07) is 24.7. The third-order valence-electron chi connectivity index (χ3n) is 4.12. The molecule has 3 aromatic carbocycles. The number of benzene rings is 3. The molecule has 0 spiro atoms. The van der Waals surface area contributed by atoms with Crippen LogP contribution >= 0.6 is 0 Å². The van der Waals surface area contributed by atoms with Crippen molar-refractivity contribution in [3.8, 4) is 28.3 Å². The number of hydrogen-bond donors (Lipinski definition) is 1. The number of carbonyl (C=O) groups excluding carboxylic acids is 1. The minimum Gasteiger partial charge on any atom is -0.484 e. The van der Waals surface area contributed by atoms with Crippen molar-refractivity contribution in [3.63, 3.8) is 0 Å². The Hall–Kier alpha value is -3.93. The van der Waals surface area contributed by atoms with E-state index < -0.39 is 0 Å². The first-order chi connectivity index (χ1) is 13.8. The van der Waals surface area contributed by atoms with E-state index in [0.29, 0.717) is 11.6 Å². The molecule has 1 N–H and O–H groups in total. The highest BCUT2D eigenvalue weighted by molar-refractivity contribution is 5.96. The summed E-state index contributed by atoms with van der Waals surface area (Å²) in [6.45, 7) is -0.0942. The summed E-state index contributed by atoms with van der Waals surface area (Å²) >= 11 is 0. The van der Waals surface area contributed by atoms with Crippen LogP contribution in [0.4, 0.5) is 5.69 Å². The monoisotopic (exact) mass is 371 g/mol. The summed E-state index contributed by atoms with van der Waals surface area (Å²) in [5, 5.41) is 10.4. The number of amides is 1. The highest BCUT2D eigenvalue weighted by Gasteiger charge is 2.09. The van der Waals surface area contributed by atoms with Crippen molar-refractivity contribution in [3.05, 3.63) is 85.3 Å². The van der Waals surface area contributed by atoms with Crippen LogP contribution in [0.15, 0.2) is 89.7 Å². The van der Waals surface area contributed by atoms with Crippen molar-refractivity contribution in [2.24, 2.45) is 0 Å². The normalized spacial score (nSPS) is 10.4. The van der Waals surface area contributed by atoms with Gasteiger partial charge >= 0.3 is 0 Å². The lowest BCUT2D eigenvalue weighted by Gasteiger charge is -2.12. The first-order valence-corrected chi connectivity index (χ1v) is 8.73. The van der Waals surface area contributed by atoms with Gasteiger partial charge in [0.1, 0.15) is 5.75 Å². The predicted octanol–water partition coefficient (Wildman–Crippen LogP) is 4.42. The van der Waals surface area contributed by atoms with E-state index >= 15 is 0 Å². The van der Waals surface area contributed by atoms with E-state index in [9.17, 15) is 4.79 Å². The van der Waals surface area contributed by atoms with Gasteiger partial charge in [-0.25, -0.2) is 0 Å². The van der Waals surface area contributed by atoms with Gasteiger partial charge < -0.3 is 14.5 Å². The second kappa shape index (κ2) is 8.18. The lowest BCUT2D eigenvalue weighted by molar-refractivity contribution is -0.118. The Morgan fingerprint density at radius 2 is 1.64 bits per heavy atom. The molecule has 4 rings (SSSR count). The number of para-hydroxylation sites is 1. The van der Waals surface area contributed by atoms with E-state index in [0.717, 1.165) is 22.4 Å². The number of aromatic nitrogens is 2. The number of hydrogen-bond acceptors (Lipinski definition) is 5. The number of rotatable bonds is 6. The third-order valence-corrected chi connectivity index (χ3v) is 4.12. The van der Waals surface area contributed by atoms with Gasteiger partial charge in [-0.15, -0.1) is 10.2 Å². The SMILES string of the molecule is O=C(COc1ccc(-c2nnco2)cc1)Nc1ccccc1-c1ccccc1. The van der Waals surface area contributed by atoms with Crippen molar-refractivity contribution >= 4 is 11.6 Å². The Morgan fingerprint density at radius 1 is 0.893 bits per heavy atom. The van der Waals surface area contributed by atoms with Gasteiger partial charge in [0.25, 0.3) is 5.91 Å². The molecule has 1 aromatic heterocycles. The molecule has 138 valence electrons. The minimum atomic E-state index is -0.232. The van der Waals surface area contributed by atoms with E-state index in [-0.39, 0.29) is 12.5 Å². The van der Waals surface area contributed by atoms with Crippen LogP contribution in [0, 0.1) is 0 Å². The predicted molar refractivity (Wildman–Crippen MR) is 106 cm³/mol. The fraction of sp³-hybridized carbons (Fsp3) is 0.0455. The maximum atomic E-state index is 12.4. The zero-order valence-corrected chi connectivity index (χ0v) is 14.9. The summed E-state index contributed by atoms with van der Waals surface area (Å²) in [5.74, 6) is 0.779. The summed E-state index contributed by atoms with van der Waals surface area (Å²) in [4.78, 5) is 12.4. The van der Waals surface area contributed by atoms with E-state index in [4.69, 9.17) is 9.15 Å². The highest BCUT2D eigenvalue weighted by atomic mass is 16.5. The van der Waals surface area contributed by atoms with Crippen LogP contribution in [0.2, 0.25) is 0 Å². The molecule has 1 heterocycles. The molecular formula is C22H17N3O3. The lowest BCUT2D eigenvalue weighted by Crippen LogP contribution is -2.20. The van der Waals surface area contributed by atoms with Crippen molar-refractivity contribution in [2.75, 3.05) is 11.9 Å². The molecule has 0 atom stereocenters. The molecular weight excluding hydrogens is 354 g/mol. The zero-order valence-electron chi connectivity index (χ0n) is 14.9. The Kier molecular flexibility index (Phi) is 5.11. The maximum absolute atomic E-state index is 12.4. The molecule has 0 aliphatic carbocycles. The number of anilines is 1. The van der Waals surface area contributed by atoms with Gasteiger partial charge in [0, 0.05) is 16.8 Å². The number of carbonyl (C=O) groups is 1. The largest absolute Gasteiger partial charge is 0.484 e. The molecule has 0 aliphatic heterocycles. The van der Waals surface area contributed by atoms with Crippen molar-refractivity contribution in [1.82, 2.24) is 10.2 Å². The topological polar surface area (TPSA) is 77.2 Å². The molecule has 6 heteroatoms. The van der Waals surface area contributed by atoms with Gasteiger partial charge in [-0.3, -0.25) is 4.79 Å².